The topological polar surface area (TPSA) is 117 Å². The van der Waals surface area contributed by atoms with Gasteiger partial charge in [-0.2, -0.15) is 31.2 Å². The van der Waals surface area contributed by atoms with Crippen molar-refractivity contribution in [3.63, 3.8) is 0 Å². The number of fused-ring (bicyclic) bond motifs is 1. The summed E-state index contributed by atoms with van der Waals surface area (Å²) in [6, 6.07) is 7.40. The van der Waals surface area contributed by atoms with E-state index in [1.165, 1.54) is 16.4 Å². The Hall–Kier alpha value is -3.70. The molecule has 0 radical (unpaired) electrons. The zero-order valence-corrected chi connectivity index (χ0v) is 19.9. The van der Waals surface area contributed by atoms with Crippen molar-refractivity contribution in [2.75, 3.05) is 17.8 Å². The number of alkyl halides is 3. The Labute approximate surface area is 208 Å². The number of hydrogen-bond donors (Lipinski definition) is 1. The lowest BCUT2D eigenvalue weighted by Gasteiger charge is -2.54. The number of benzene rings is 2. The highest BCUT2D eigenvalue weighted by Gasteiger charge is 2.51. The molecular formula is C23H19F4N5O4S. The number of rotatable bonds is 6. The summed E-state index contributed by atoms with van der Waals surface area (Å²) in [4.78, 5) is 16.4. The smallest absolute Gasteiger partial charge is 0.406 e. The van der Waals surface area contributed by atoms with E-state index < -0.39 is 45.6 Å². The van der Waals surface area contributed by atoms with Gasteiger partial charge in [0, 0.05) is 13.1 Å². The van der Waals surface area contributed by atoms with E-state index in [1.54, 1.807) is 6.07 Å². The summed E-state index contributed by atoms with van der Waals surface area (Å²) in [5.74, 6) is -1.76. The fourth-order valence-corrected chi connectivity index (χ4v) is 6.01. The summed E-state index contributed by atoms with van der Waals surface area (Å²) >= 11 is 0. The Kier molecular flexibility index (Phi) is 5.87. The first-order valence-corrected chi connectivity index (χ1v) is 12.6. The standard InChI is InChI=1S/C23H19F4N5O4S/c24-17-3-5-19(30-37(34,35)32-10-22(11-32)6-1-7-22)16(9-28)20(17)36-14-2-4-18-15(8-14)21(33)31(13-29-18)12-23(25,26)27/h2-5,8,13,30H,1,6-7,10-12H2. The molecule has 1 saturated carbocycles. The van der Waals surface area contributed by atoms with Gasteiger partial charge in [-0.15, -0.1) is 0 Å². The minimum Gasteiger partial charge on any atom is -0.453 e. The normalized spacial score (nSPS) is 17.2. The van der Waals surface area contributed by atoms with Crippen molar-refractivity contribution in [3.8, 4) is 17.6 Å². The fourth-order valence-electron chi connectivity index (χ4n) is 4.55. The van der Waals surface area contributed by atoms with E-state index in [0.29, 0.717) is 17.7 Å². The van der Waals surface area contributed by atoms with Crippen LogP contribution >= 0.6 is 0 Å². The minimum absolute atomic E-state index is 0.0213. The van der Waals surface area contributed by atoms with Crippen LogP contribution in [0.3, 0.4) is 0 Å². The largest absolute Gasteiger partial charge is 0.453 e. The van der Waals surface area contributed by atoms with Gasteiger partial charge in [-0.1, -0.05) is 6.42 Å². The third kappa shape index (κ3) is 4.72. The molecule has 2 fully saturated rings. The van der Waals surface area contributed by atoms with Crippen molar-refractivity contribution in [1.82, 2.24) is 13.9 Å². The Balaban J connectivity index is 1.44. The fraction of sp³-hybridized carbons (Fsp3) is 0.348. The first kappa shape index (κ1) is 25.0. The maximum absolute atomic E-state index is 14.7. The van der Waals surface area contributed by atoms with Crippen LogP contribution in [0.1, 0.15) is 24.8 Å². The third-order valence-electron chi connectivity index (χ3n) is 6.60. The van der Waals surface area contributed by atoms with Gasteiger partial charge < -0.3 is 4.74 Å². The quantitative estimate of drug-likeness (QED) is 0.477. The van der Waals surface area contributed by atoms with Gasteiger partial charge in [-0.05, 0) is 48.6 Å². The minimum atomic E-state index is -4.65. The van der Waals surface area contributed by atoms with Crippen LogP contribution in [0.4, 0.5) is 23.2 Å². The number of nitriles is 1. The lowest BCUT2D eigenvalue weighted by atomic mass is 9.65. The number of aromatic nitrogens is 2. The number of nitrogens with zero attached hydrogens (tertiary/aromatic N) is 4. The molecule has 37 heavy (non-hydrogen) atoms. The van der Waals surface area contributed by atoms with E-state index in [2.05, 4.69) is 9.71 Å². The molecule has 0 atom stereocenters. The highest BCUT2D eigenvalue weighted by atomic mass is 32.2. The summed E-state index contributed by atoms with van der Waals surface area (Å²) < 4.78 is 88.0. The zero-order valence-electron chi connectivity index (χ0n) is 19.0. The maximum atomic E-state index is 14.7. The molecule has 2 heterocycles. The van der Waals surface area contributed by atoms with E-state index in [1.807, 2.05) is 0 Å². The van der Waals surface area contributed by atoms with Crippen molar-refractivity contribution in [3.05, 3.63) is 58.4 Å². The molecule has 1 aliphatic carbocycles. The number of nitrogens with one attached hydrogen (secondary N) is 1. The molecule has 0 bridgehead atoms. The van der Waals surface area contributed by atoms with Crippen LogP contribution < -0.4 is 15.0 Å². The van der Waals surface area contributed by atoms with E-state index in [9.17, 15) is 36.0 Å². The average Bonchev–Trinajstić information content (AvgIpc) is 2.75. The monoisotopic (exact) mass is 537 g/mol. The van der Waals surface area contributed by atoms with Gasteiger partial charge >= 0.3 is 16.4 Å². The molecule has 2 aliphatic rings. The molecule has 3 aromatic rings. The van der Waals surface area contributed by atoms with Crippen molar-refractivity contribution >= 4 is 26.8 Å². The van der Waals surface area contributed by atoms with Gasteiger partial charge in [0.15, 0.2) is 11.6 Å². The Bertz CT molecular complexity index is 1600. The average molecular weight is 537 g/mol. The molecular weight excluding hydrogens is 518 g/mol. The zero-order chi connectivity index (χ0) is 26.6. The van der Waals surface area contributed by atoms with Crippen LogP contribution in [0.15, 0.2) is 41.5 Å². The molecule has 9 nitrogen and oxygen atoms in total. The number of hydrogen-bond acceptors (Lipinski definition) is 6. The van der Waals surface area contributed by atoms with Crippen molar-refractivity contribution in [2.24, 2.45) is 5.41 Å². The first-order valence-electron chi connectivity index (χ1n) is 11.1. The van der Waals surface area contributed by atoms with Crippen LogP contribution in [-0.4, -0.2) is 41.5 Å². The molecule has 1 saturated heterocycles. The van der Waals surface area contributed by atoms with Crippen molar-refractivity contribution in [1.29, 1.82) is 5.26 Å². The van der Waals surface area contributed by atoms with Crippen LogP contribution in [0.25, 0.3) is 10.9 Å². The van der Waals surface area contributed by atoms with E-state index in [-0.39, 0.29) is 27.8 Å². The summed E-state index contributed by atoms with van der Waals surface area (Å²) in [5, 5.41) is 9.46. The molecule has 1 spiro atoms. The summed E-state index contributed by atoms with van der Waals surface area (Å²) in [6.45, 7) is -0.815. The van der Waals surface area contributed by atoms with E-state index in [4.69, 9.17) is 4.74 Å². The summed E-state index contributed by atoms with van der Waals surface area (Å²) in [7, 11) is -4.00. The molecule has 0 unspecified atom stereocenters. The number of halogens is 4. The van der Waals surface area contributed by atoms with Gasteiger partial charge in [0.25, 0.3) is 5.56 Å². The number of ether oxygens (including phenoxy) is 1. The Morgan fingerprint density at radius 1 is 1.19 bits per heavy atom. The molecule has 1 aromatic heterocycles. The second-order valence-corrected chi connectivity index (χ2v) is 10.9. The first-order chi connectivity index (χ1) is 17.4. The molecule has 1 aliphatic heterocycles. The predicted molar refractivity (Wildman–Crippen MR) is 124 cm³/mol. The van der Waals surface area contributed by atoms with E-state index in [0.717, 1.165) is 43.8 Å². The molecule has 5 rings (SSSR count). The highest BCUT2D eigenvalue weighted by Crippen LogP contribution is 2.49. The Morgan fingerprint density at radius 3 is 2.54 bits per heavy atom. The summed E-state index contributed by atoms with van der Waals surface area (Å²) in [6.07, 6.45) is -0.911. The second-order valence-electron chi connectivity index (χ2n) is 9.21. The van der Waals surface area contributed by atoms with Gasteiger partial charge in [0.2, 0.25) is 0 Å². The molecule has 2 aromatic carbocycles. The third-order valence-corrected chi connectivity index (χ3v) is 8.02. The molecule has 0 amide bonds. The molecule has 14 heteroatoms. The van der Waals surface area contributed by atoms with Crippen LogP contribution in [-0.2, 0) is 16.8 Å². The molecule has 1 N–H and O–H groups in total. The SMILES string of the molecule is N#Cc1c(NS(=O)(=O)N2CC3(CCC3)C2)ccc(F)c1Oc1ccc2ncn(CC(F)(F)F)c(=O)c2c1. The lowest BCUT2D eigenvalue weighted by molar-refractivity contribution is -0.141. The van der Waals surface area contributed by atoms with Crippen LogP contribution in [0, 0.1) is 22.6 Å². The van der Waals surface area contributed by atoms with Crippen molar-refractivity contribution < 1.29 is 30.7 Å². The van der Waals surface area contributed by atoms with E-state index >= 15 is 0 Å². The van der Waals surface area contributed by atoms with Crippen LogP contribution in [0.5, 0.6) is 11.5 Å². The highest BCUT2D eigenvalue weighted by molar-refractivity contribution is 7.90. The van der Waals surface area contributed by atoms with Gasteiger partial charge in [0.05, 0.1) is 22.9 Å². The van der Waals surface area contributed by atoms with Crippen LogP contribution in [0.2, 0.25) is 0 Å². The van der Waals surface area contributed by atoms with Crippen molar-refractivity contribution in [2.45, 2.75) is 32.0 Å². The molecule has 194 valence electrons. The predicted octanol–water partition coefficient (Wildman–Crippen LogP) is 3.90. The van der Waals surface area contributed by atoms with Gasteiger partial charge in [0.1, 0.15) is 23.9 Å². The second kappa shape index (κ2) is 8.70. The van der Waals surface area contributed by atoms with Gasteiger partial charge in [-0.25, -0.2) is 9.37 Å². The number of anilines is 1. The summed E-state index contributed by atoms with van der Waals surface area (Å²) in [5.41, 5.74) is -1.54. The maximum Gasteiger partial charge on any atom is 0.406 e. The lowest BCUT2D eigenvalue weighted by Crippen LogP contribution is -2.62. The van der Waals surface area contributed by atoms with Gasteiger partial charge in [-0.3, -0.25) is 14.1 Å². The Morgan fingerprint density at radius 2 is 1.92 bits per heavy atom.